The number of nitriles is 1. The molecular formula is C12H6FN3O3. The number of para-hydroxylation sites is 1. The molecule has 0 saturated carbocycles. The molecule has 0 N–H and O–H groups in total. The minimum absolute atomic E-state index is 0.0433. The van der Waals surface area contributed by atoms with Gasteiger partial charge in [0.05, 0.1) is 4.92 Å². The van der Waals surface area contributed by atoms with E-state index in [0.29, 0.717) is 0 Å². The third-order valence-corrected chi connectivity index (χ3v) is 2.23. The van der Waals surface area contributed by atoms with E-state index in [-0.39, 0.29) is 11.4 Å². The van der Waals surface area contributed by atoms with Crippen molar-refractivity contribution < 1.29 is 14.1 Å². The number of nitro benzene ring substituents is 1. The fourth-order valence-corrected chi connectivity index (χ4v) is 1.41. The summed E-state index contributed by atoms with van der Waals surface area (Å²) in [6, 6.07) is 7.95. The van der Waals surface area contributed by atoms with E-state index in [1.165, 1.54) is 24.4 Å². The molecule has 19 heavy (non-hydrogen) atoms. The summed E-state index contributed by atoms with van der Waals surface area (Å²) in [5, 5.41) is 19.6. The standard InChI is InChI=1S/C12H6FN3O3/c13-8-3-1-4-10(16(17)18)12(8)19-11-5-2-6-15-9(11)7-14/h1-6H. The summed E-state index contributed by atoms with van der Waals surface area (Å²) < 4.78 is 18.7. The number of hydrogen-bond acceptors (Lipinski definition) is 5. The lowest BCUT2D eigenvalue weighted by Crippen LogP contribution is -1.98. The highest BCUT2D eigenvalue weighted by Crippen LogP contribution is 2.34. The monoisotopic (exact) mass is 259 g/mol. The molecule has 7 heteroatoms. The molecule has 0 radical (unpaired) electrons. The number of benzene rings is 1. The first-order chi connectivity index (χ1) is 9.13. The molecule has 0 spiro atoms. The van der Waals surface area contributed by atoms with Gasteiger partial charge in [-0.05, 0) is 18.2 Å². The molecular weight excluding hydrogens is 253 g/mol. The molecule has 0 atom stereocenters. The van der Waals surface area contributed by atoms with Gasteiger partial charge in [0.2, 0.25) is 5.75 Å². The first-order valence-electron chi connectivity index (χ1n) is 5.09. The van der Waals surface area contributed by atoms with Crippen molar-refractivity contribution >= 4 is 5.69 Å². The summed E-state index contributed by atoms with van der Waals surface area (Å²) >= 11 is 0. The van der Waals surface area contributed by atoms with Crippen LogP contribution in [0, 0.1) is 27.3 Å². The molecule has 1 aromatic heterocycles. The van der Waals surface area contributed by atoms with E-state index in [2.05, 4.69) is 4.98 Å². The maximum absolute atomic E-state index is 13.6. The predicted octanol–water partition coefficient (Wildman–Crippen LogP) is 2.79. The fourth-order valence-electron chi connectivity index (χ4n) is 1.41. The highest BCUT2D eigenvalue weighted by atomic mass is 19.1. The van der Waals surface area contributed by atoms with E-state index in [1.54, 1.807) is 6.07 Å². The average Bonchev–Trinajstić information content (AvgIpc) is 2.41. The van der Waals surface area contributed by atoms with Gasteiger partial charge >= 0.3 is 5.69 Å². The summed E-state index contributed by atoms with van der Waals surface area (Å²) in [7, 11) is 0. The van der Waals surface area contributed by atoms with E-state index in [4.69, 9.17) is 10.00 Å². The summed E-state index contributed by atoms with van der Waals surface area (Å²) in [5.41, 5.74) is -0.604. The Bertz CT molecular complexity index is 682. The van der Waals surface area contributed by atoms with Gasteiger partial charge in [-0.2, -0.15) is 5.26 Å². The smallest absolute Gasteiger partial charge is 0.314 e. The lowest BCUT2D eigenvalue weighted by Gasteiger charge is -2.07. The van der Waals surface area contributed by atoms with Gasteiger partial charge in [-0.15, -0.1) is 0 Å². The predicted molar refractivity (Wildman–Crippen MR) is 62.1 cm³/mol. The number of halogens is 1. The quantitative estimate of drug-likeness (QED) is 0.624. The highest BCUT2D eigenvalue weighted by Gasteiger charge is 2.21. The zero-order valence-electron chi connectivity index (χ0n) is 9.41. The van der Waals surface area contributed by atoms with E-state index >= 15 is 0 Å². The number of hydrogen-bond donors (Lipinski definition) is 0. The molecule has 1 aromatic carbocycles. The van der Waals surface area contributed by atoms with Gasteiger partial charge in [-0.25, -0.2) is 9.37 Å². The Morgan fingerprint density at radius 3 is 2.84 bits per heavy atom. The maximum atomic E-state index is 13.6. The summed E-state index contributed by atoms with van der Waals surface area (Å²) in [4.78, 5) is 13.8. The number of rotatable bonds is 3. The van der Waals surface area contributed by atoms with Crippen LogP contribution in [0.3, 0.4) is 0 Å². The molecule has 0 aliphatic carbocycles. The van der Waals surface area contributed by atoms with Gasteiger partial charge in [0, 0.05) is 12.3 Å². The molecule has 94 valence electrons. The largest absolute Gasteiger partial charge is 0.444 e. The Labute approximate surface area is 106 Å². The zero-order chi connectivity index (χ0) is 13.8. The van der Waals surface area contributed by atoms with Crippen molar-refractivity contribution in [2.24, 2.45) is 0 Å². The van der Waals surface area contributed by atoms with Crippen molar-refractivity contribution in [2.75, 3.05) is 0 Å². The number of aromatic nitrogens is 1. The summed E-state index contributed by atoms with van der Waals surface area (Å²) in [5.74, 6) is -1.47. The van der Waals surface area contributed by atoms with Crippen LogP contribution < -0.4 is 4.74 Å². The van der Waals surface area contributed by atoms with Crippen molar-refractivity contribution in [3.05, 3.63) is 58.2 Å². The van der Waals surface area contributed by atoms with Gasteiger partial charge in [0.25, 0.3) is 0 Å². The number of pyridine rings is 1. The number of ether oxygens (including phenoxy) is 1. The van der Waals surface area contributed by atoms with E-state index in [9.17, 15) is 14.5 Å². The SMILES string of the molecule is N#Cc1ncccc1Oc1c(F)cccc1[N+](=O)[O-]. The van der Waals surface area contributed by atoms with Crippen LogP contribution in [0.4, 0.5) is 10.1 Å². The van der Waals surface area contributed by atoms with Crippen molar-refractivity contribution in [1.82, 2.24) is 4.98 Å². The van der Waals surface area contributed by atoms with Crippen LogP contribution in [0.25, 0.3) is 0 Å². The third-order valence-electron chi connectivity index (χ3n) is 2.23. The molecule has 0 fully saturated rings. The zero-order valence-corrected chi connectivity index (χ0v) is 9.41. The second kappa shape index (κ2) is 5.10. The van der Waals surface area contributed by atoms with Crippen LogP contribution in [0.15, 0.2) is 36.5 Å². The molecule has 0 aliphatic rings. The fraction of sp³-hybridized carbons (Fsp3) is 0. The molecule has 1 heterocycles. The molecule has 0 unspecified atom stereocenters. The second-order valence-electron chi connectivity index (χ2n) is 3.41. The van der Waals surface area contributed by atoms with Crippen molar-refractivity contribution in [3.63, 3.8) is 0 Å². The van der Waals surface area contributed by atoms with E-state index < -0.39 is 22.2 Å². The van der Waals surface area contributed by atoms with Gasteiger partial charge in [-0.1, -0.05) is 6.07 Å². The Kier molecular flexibility index (Phi) is 3.34. The van der Waals surface area contributed by atoms with Crippen LogP contribution in [0.5, 0.6) is 11.5 Å². The Hall–Kier alpha value is -3.01. The van der Waals surface area contributed by atoms with Gasteiger partial charge in [0.1, 0.15) is 6.07 Å². The molecule has 6 nitrogen and oxygen atoms in total. The van der Waals surface area contributed by atoms with Crippen LogP contribution >= 0.6 is 0 Å². The lowest BCUT2D eigenvalue weighted by atomic mass is 10.2. The average molecular weight is 259 g/mol. The van der Waals surface area contributed by atoms with Crippen molar-refractivity contribution in [1.29, 1.82) is 5.26 Å². The van der Waals surface area contributed by atoms with E-state index in [1.807, 2.05) is 0 Å². The number of nitro groups is 1. The maximum Gasteiger partial charge on any atom is 0.314 e. The van der Waals surface area contributed by atoms with Crippen LogP contribution in [-0.2, 0) is 0 Å². The van der Waals surface area contributed by atoms with Gasteiger partial charge in [0.15, 0.2) is 17.3 Å². The normalized spacial score (nSPS) is 9.68. The van der Waals surface area contributed by atoms with Crippen molar-refractivity contribution in [2.45, 2.75) is 0 Å². The lowest BCUT2D eigenvalue weighted by molar-refractivity contribution is -0.385. The molecule has 0 aliphatic heterocycles. The Morgan fingerprint density at radius 2 is 2.16 bits per heavy atom. The summed E-state index contributed by atoms with van der Waals surface area (Å²) in [6.07, 6.45) is 1.36. The molecule has 2 aromatic rings. The van der Waals surface area contributed by atoms with Crippen LogP contribution in [0.2, 0.25) is 0 Å². The first kappa shape index (κ1) is 12.4. The molecule has 0 bridgehead atoms. The molecule has 2 rings (SSSR count). The number of nitrogens with zero attached hydrogens (tertiary/aromatic N) is 3. The second-order valence-corrected chi connectivity index (χ2v) is 3.41. The summed E-state index contributed by atoms with van der Waals surface area (Å²) in [6.45, 7) is 0. The highest BCUT2D eigenvalue weighted by molar-refractivity contribution is 5.50. The van der Waals surface area contributed by atoms with Crippen LogP contribution in [0.1, 0.15) is 5.69 Å². The molecule has 0 saturated heterocycles. The molecule has 0 amide bonds. The first-order valence-corrected chi connectivity index (χ1v) is 5.09. The Balaban J connectivity index is 2.50. The van der Waals surface area contributed by atoms with Gasteiger partial charge in [-0.3, -0.25) is 10.1 Å². The minimum atomic E-state index is -0.887. The third kappa shape index (κ3) is 2.47. The topological polar surface area (TPSA) is 89.0 Å². The minimum Gasteiger partial charge on any atom is -0.444 e. The van der Waals surface area contributed by atoms with Gasteiger partial charge < -0.3 is 4.74 Å². The van der Waals surface area contributed by atoms with E-state index in [0.717, 1.165) is 12.1 Å². The van der Waals surface area contributed by atoms with Crippen LogP contribution in [-0.4, -0.2) is 9.91 Å². The van der Waals surface area contributed by atoms with Crippen molar-refractivity contribution in [3.8, 4) is 17.6 Å². The Morgan fingerprint density at radius 1 is 1.37 bits per heavy atom.